The van der Waals surface area contributed by atoms with E-state index in [1.807, 2.05) is 19.0 Å². The Kier molecular flexibility index (Phi) is 7.06. The van der Waals surface area contributed by atoms with Crippen molar-refractivity contribution in [2.45, 2.75) is 38.8 Å². The smallest absolute Gasteiger partial charge is 0.148 e. The Labute approximate surface area is 186 Å². The molecule has 1 fully saturated rings. The lowest BCUT2D eigenvalue weighted by Gasteiger charge is -2.32. The fourth-order valence-corrected chi connectivity index (χ4v) is 4.76. The second-order valence-electron chi connectivity index (χ2n) is 8.90. The van der Waals surface area contributed by atoms with E-state index in [1.165, 1.54) is 49.0 Å². The molecule has 164 valence electrons. The monoisotopic (exact) mass is 418 g/mol. The van der Waals surface area contributed by atoms with E-state index in [4.69, 9.17) is 4.98 Å². The van der Waals surface area contributed by atoms with Gasteiger partial charge in [0.2, 0.25) is 0 Å². The fraction of sp³-hybridized carbons (Fsp3) is 0.520. The number of pyridine rings is 1. The molecule has 0 aliphatic carbocycles. The standard InChI is InChI=1S/C25H34N6/c1-29(2)25-22(17-26)21-11-15-31(18-20-9-5-3-6-10-20)19-23(21)24(28-25)27-12-16-30-13-7-4-8-14-30/h3,5-6,9-10H,4,7-8,11-16,18-19H2,1-2H3,(H,27,28). The number of hydrogen-bond acceptors (Lipinski definition) is 6. The first-order chi connectivity index (χ1) is 15.2. The summed E-state index contributed by atoms with van der Waals surface area (Å²) < 4.78 is 0. The first kappa shape index (κ1) is 21.6. The Bertz CT molecular complexity index is 912. The number of benzene rings is 1. The highest BCUT2D eigenvalue weighted by atomic mass is 15.2. The van der Waals surface area contributed by atoms with Crippen molar-refractivity contribution in [3.05, 3.63) is 52.6 Å². The molecule has 4 rings (SSSR count). The summed E-state index contributed by atoms with van der Waals surface area (Å²) in [4.78, 5) is 11.9. The molecule has 2 aliphatic heterocycles. The second kappa shape index (κ2) is 10.1. The zero-order valence-electron chi connectivity index (χ0n) is 18.9. The third kappa shape index (κ3) is 5.17. The number of rotatable bonds is 7. The molecule has 0 bridgehead atoms. The predicted molar refractivity (Wildman–Crippen MR) is 126 cm³/mol. The summed E-state index contributed by atoms with van der Waals surface area (Å²) in [6.07, 6.45) is 4.86. The van der Waals surface area contributed by atoms with Gasteiger partial charge in [-0.25, -0.2) is 4.98 Å². The average molecular weight is 419 g/mol. The molecule has 1 N–H and O–H groups in total. The van der Waals surface area contributed by atoms with E-state index in [-0.39, 0.29) is 0 Å². The van der Waals surface area contributed by atoms with Crippen molar-refractivity contribution in [2.75, 3.05) is 57.0 Å². The first-order valence-electron chi connectivity index (χ1n) is 11.5. The van der Waals surface area contributed by atoms with Crippen LogP contribution in [0.1, 0.15) is 41.5 Å². The molecule has 0 atom stereocenters. The average Bonchev–Trinajstić information content (AvgIpc) is 2.80. The van der Waals surface area contributed by atoms with Crippen LogP contribution in [0.25, 0.3) is 0 Å². The Hall–Kier alpha value is -2.62. The maximum Gasteiger partial charge on any atom is 0.148 e. The van der Waals surface area contributed by atoms with Gasteiger partial charge in [0.05, 0.1) is 5.56 Å². The molecule has 6 nitrogen and oxygen atoms in total. The summed E-state index contributed by atoms with van der Waals surface area (Å²) >= 11 is 0. The van der Waals surface area contributed by atoms with Crippen molar-refractivity contribution in [3.63, 3.8) is 0 Å². The van der Waals surface area contributed by atoms with E-state index in [9.17, 15) is 5.26 Å². The van der Waals surface area contributed by atoms with E-state index >= 15 is 0 Å². The van der Waals surface area contributed by atoms with Gasteiger partial charge in [-0.1, -0.05) is 36.8 Å². The molecule has 0 spiro atoms. The summed E-state index contributed by atoms with van der Waals surface area (Å²) in [6, 6.07) is 13.1. The van der Waals surface area contributed by atoms with Crippen LogP contribution < -0.4 is 10.2 Å². The largest absolute Gasteiger partial charge is 0.368 e. The minimum absolute atomic E-state index is 0.737. The van der Waals surface area contributed by atoms with Gasteiger partial charge in [0, 0.05) is 52.4 Å². The molecule has 31 heavy (non-hydrogen) atoms. The molecule has 0 unspecified atom stereocenters. The Morgan fingerprint density at radius 3 is 2.52 bits per heavy atom. The van der Waals surface area contributed by atoms with Crippen molar-refractivity contribution < 1.29 is 0 Å². The predicted octanol–water partition coefficient (Wildman–Crippen LogP) is 3.48. The van der Waals surface area contributed by atoms with Crippen LogP contribution >= 0.6 is 0 Å². The quantitative estimate of drug-likeness (QED) is 0.743. The molecule has 1 aromatic carbocycles. The number of fused-ring (bicyclic) bond motifs is 1. The number of aromatic nitrogens is 1. The van der Waals surface area contributed by atoms with Crippen LogP contribution in [-0.4, -0.2) is 61.6 Å². The number of piperidine rings is 1. The lowest BCUT2D eigenvalue weighted by atomic mass is 9.95. The zero-order chi connectivity index (χ0) is 21.6. The van der Waals surface area contributed by atoms with Gasteiger partial charge in [-0.3, -0.25) is 4.90 Å². The Morgan fingerprint density at radius 2 is 1.81 bits per heavy atom. The number of nitriles is 1. The van der Waals surface area contributed by atoms with E-state index in [0.29, 0.717) is 0 Å². The molecule has 0 amide bonds. The number of hydrogen-bond donors (Lipinski definition) is 1. The molecular formula is C25H34N6. The summed E-state index contributed by atoms with van der Waals surface area (Å²) in [5.74, 6) is 1.73. The normalized spacial score (nSPS) is 17.1. The van der Waals surface area contributed by atoms with Gasteiger partial charge in [-0.05, 0) is 43.5 Å². The van der Waals surface area contributed by atoms with Crippen LogP contribution in [-0.2, 0) is 19.5 Å². The number of nitrogens with one attached hydrogen (secondary N) is 1. The van der Waals surface area contributed by atoms with Crippen LogP contribution in [0, 0.1) is 11.3 Å². The first-order valence-corrected chi connectivity index (χ1v) is 11.5. The van der Waals surface area contributed by atoms with Crippen LogP contribution in [0.15, 0.2) is 30.3 Å². The highest BCUT2D eigenvalue weighted by Gasteiger charge is 2.26. The van der Waals surface area contributed by atoms with E-state index in [1.54, 1.807) is 0 Å². The highest BCUT2D eigenvalue weighted by molar-refractivity contribution is 5.66. The third-order valence-electron chi connectivity index (χ3n) is 6.41. The van der Waals surface area contributed by atoms with Crippen LogP contribution in [0.4, 0.5) is 11.6 Å². The summed E-state index contributed by atoms with van der Waals surface area (Å²) in [6.45, 7) is 7.04. The SMILES string of the molecule is CN(C)c1nc(NCCN2CCCCC2)c2c(c1C#N)CCN(Cc1ccccc1)C2. The minimum atomic E-state index is 0.737. The van der Waals surface area contributed by atoms with Gasteiger partial charge in [0.25, 0.3) is 0 Å². The Morgan fingerprint density at radius 1 is 1.03 bits per heavy atom. The molecule has 2 aliphatic rings. The molecule has 0 saturated carbocycles. The summed E-state index contributed by atoms with van der Waals surface area (Å²) in [7, 11) is 3.94. The van der Waals surface area contributed by atoms with E-state index < -0.39 is 0 Å². The van der Waals surface area contributed by atoms with Gasteiger partial charge in [-0.15, -0.1) is 0 Å². The highest BCUT2D eigenvalue weighted by Crippen LogP contribution is 2.33. The molecule has 0 radical (unpaired) electrons. The van der Waals surface area contributed by atoms with Gasteiger partial charge in [0.15, 0.2) is 0 Å². The van der Waals surface area contributed by atoms with Gasteiger partial charge >= 0.3 is 0 Å². The van der Waals surface area contributed by atoms with Crippen LogP contribution in [0.5, 0.6) is 0 Å². The molecule has 1 aromatic heterocycles. The molecule has 6 heteroatoms. The molecule has 3 heterocycles. The Balaban J connectivity index is 1.56. The van der Waals surface area contributed by atoms with Crippen molar-refractivity contribution in [3.8, 4) is 6.07 Å². The topological polar surface area (TPSA) is 58.4 Å². The van der Waals surface area contributed by atoms with Crippen molar-refractivity contribution in [1.82, 2.24) is 14.8 Å². The molecule has 1 saturated heterocycles. The summed E-state index contributed by atoms with van der Waals surface area (Å²) in [5.41, 5.74) is 4.43. The second-order valence-corrected chi connectivity index (χ2v) is 8.90. The third-order valence-corrected chi connectivity index (χ3v) is 6.41. The summed E-state index contributed by atoms with van der Waals surface area (Å²) in [5, 5.41) is 13.5. The van der Waals surface area contributed by atoms with Crippen molar-refractivity contribution in [2.24, 2.45) is 0 Å². The molecular weight excluding hydrogens is 384 g/mol. The van der Waals surface area contributed by atoms with Crippen LogP contribution in [0.2, 0.25) is 0 Å². The van der Waals surface area contributed by atoms with Gasteiger partial charge in [0.1, 0.15) is 17.7 Å². The maximum absolute atomic E-state index is 9.90. The number of nitrogens with zero attached hydrogens (tertiary/aromatic N) is 5. The fourth-order valence-electron chi connectivity index (χ4n) is 4.76. The van der Waals surface area contributed by atoms with Crippen LogP contribution in [0.3, 0.4) is 0 Å². The van der Waals surface area contributed by atoms with Gasteiger partial charge in [-0.2, -0.15) is 5.26 Å². The van der Waals surface area contributed by atoms with E-state index in [0.717, 1.165) is 56.3 Å². The minimum Gasteiger partial charge on any atom is -0.368 e. The van der Waals surface area contributed by atoms with Crippen molar-refractivity contribution in [1.29, 1.82) is 5.26 Å². The molecule has 2 aromatic rings. The number of likely N-dealkylation sites (tertiary alicyclic amines) is 1. The lowest BCUT2D eigenvalue weighted by molar-refractivity contribution is 0.236. The van der Waals surface area contributed by atoms with E-state index in [2.05, 4.69) is 51.5 Å². The van der Waals surface area contributed by atoms with Gasteiger partial charge < -0.3 is 15.1 Å². The maximum atomic E-state index is 9.90. The lowest BCUT2D eigenvalue weighted by Crippen LogP contribution is -2.35. The zero-order valence-corrected chi connectivity index (χ0v) is 18.9. The number of anilines is 2. The van der Waals surface area contributed by atoms with Crippen molar-refractivity contribution >= 4 is 11.6 Å².